The number of nitro groups is 1. The first-order valence-corrected chi connectivity index (χ1v) is 7.09. The molecule has 3 amide bonds. The summed E-state index contributed by atoms with van der Waals surface area (Å²) in [5.41, 5.74) is 0.0449. The number of esters is 1. The van der Waals surface area contributed by atoms with Gasteiger partial charge in [-0.05, 0) is 12.1 Å². The van der Waals surface area contributed by atoms with E-state index in [9.17, 15) is 24.5 Å². The molecule has 0 radical (unpaired) electrons. The number of hydrogen-bond donors (Lipinski definition) is 2. The van der Waals surface area contributed by atoms with Crippen LogP contribution in [0.25, 0.3) is 6.08 Å². The molecule has 0 fully saturated rings. The van der Waals surface area contributed by atoms with E-state index in [2.05, 4.69) is 10.1 Å². The minimum absolute atomic E-state index is 0.169. The molecule has 0 saturated heterocycles. The number of rotatable bonds is 8. The van der Waals surface area contributed by atoms with E-state index in [1.54, 1.807) is 6.07 Å². The van der Waals surface area contributed by atoms with E-state index in [1.807, 2.05) is 5.32 Å². The first-order chi connectivity index (χ1) is 11.9. The number of nitrogens with zero attached hydrogens (tertiary/aromatic N) is 1. The Balaban J connectivity index is 2.43. The number of nitro benzene ring substituents is 1. The van der Waals surface area contributed by atoms with Crippen LogP contribution in [0.15, 0.2) is 30.3 Å². The fourth-order valence-corrected chi connectivity index (χ4v) is 1.61. The van der Waals surface area contributed by atoms with Crippen molar-refractivity contribution in [1.82, 2.24) is 10.6 Å². The Morgan fingerprint density at radius 2 is 2.00 bits per heavy atom. The molecule has 0 aliphatic rings. The molecule has 10 nitrogen and oxygen atoms in total. The van der Waals surface area contributed by atoms with E-state index in [0.29, 0.717) is 0 Å². The largest absolute Gasteiger partial charge is 0.452 e. The van der Waals surface area contributed by atoms with Gasteiger partial charge in [0.15, 0.2) is 6.61 Å². The van der Waals surface area contributed by atoms with E-state index >= 15 is 0 Å². The van der Waals surface area contributed by atoms with Gasteiger partial charge in [0, 0.05) is 25.8 Å². The molecule has 0 spiro atoms. The number of amides is 3. The van der Waals surface area contributed by atoms with E-state index < -0.39 is 29.4 Å². The molecule has 1 aromatic carbocycles. The summed E-state index contributed by atoms with van der Waals surface area (Å²) in [6.45, 7) is -0.168. The molecule has 0 bridgehead atoms. The summed E-state index contributed by atoms with van der Waals surface area (Å²) in [5, 5.41) is 15.1. The van der Waals surface area contributed by atoms with E-state index in [4.69, 9.17) is 4.74 Å². The number of ether oxygens (including phenoxy) is 2. The van der Waals surface area contributed by atoms with Crippen LogP contribution in [0.3, 0.4) is 0 Å². The zero-order valence-electron chi connectivity index (χ0n) is 13.4. The first-order valence-electron chi connectivity index (χ1n) is 7.09. The average Bonchev–Trinajstić information content (AvgIpc) is 2.58. The summed E-state index contributed by atoms with van der Waals surface area (Å²) in [4.78, 5) is 44.5. The van der Waals surface area contributed by atoms with Gasteiger partial charge in [0.1, 0.15) is 0 Å². The SMILES string of the molecule is COCCNC(=O)NC(=O)COC(=O)/C=C/c1ccccc1[N+](=O)[O-]. The molecular formula is C15H17N3O7. The number of carbonyl (C=O) groups excluding carboxylic acids is 3. The van der Waals surface area contributed by atoms with Crippen molar-refractivity contribution < 1.29 is 28.8 Å². The molecule has 134 valence electrons. The molecule has 1 aromatic rings. The van der Waals surface area contributed by atoms with Gasteiger partial charge in [-0.25, -0.2) is 9.59 Å². The number of hydrogen-bond acceptors (Lipinski definition) is 7. The van der Waals surface area contributed by atoms with Crippen molar-refractivity contribution in [3.63, 3.8) is 0 Å². The molecule has 0 unspecified atom stereocenters. The van der Waals surface area contributed by atoms with Crippen molar-refractivity contribution in [3.8, 4) is 0 Å². The Labute approximate surface area is 142 Å². The Kier molecular flexibility index (Phi) is 8.30. The predicted molar refractivity (Wildman–Crippen MR) is 86.5 cm³/mol. The maximum atomic E-state index is 11.5. The zero-order valence-corrected chi connectivity index (χ0v) is 13.4. The predicted octanol–water partition coefficient (Wildman–Crippen LogP) is 0.623. The fourth-order valence-electron chi connectivity index (χ4n) is 1.61. The van der Waals surface area contributed by atoms with E-state index in [1.165, 1.54) is 31.4 Å². The van der Waals surface area contributed by atoms with Gasteiger partial charge in [0.05, 0.1) is 17.1 Å². The van der Waals surface area contributed by atoms with Gasteiger partial charge >= 0.3 is 12.0 Å². The second-order valence-corrected chi connectivity index (χ2v) is 4.55. The number of urea groups is 1. The number of methoxy groups -OCH3 is 1. The molecule has 0 saturated carbocycles. The molecular weight excluding hydrogens is 334 g/mol. The zero-order chi connectivity index (χ0) is 18.7. The fraction of sp³-hybridized carbons (Fsp3) is 0.267. The molecule has 10 heteroatoms. The maximum Gasteiger partial charge on any atom is 0.331 e. The van der Waals surface area contributed by atoms with Gasteiger partial charge in [-0.3, -0.25) is 20.2 Å². The third kappa shape index (κ3) is 7.70. The summed E-state index contributed by atoms with van der Waals surface area (Å²) >= 11 is 0. The van der Waals surface area contributed by atoms with Crippen LogP contribution in [0.2, 0.25) is 0 Å². The van der Waals surface area contributed by atoms with Gasteiger partial charge in [0.2, 0.25) is 0 Å². The van der Waals surface area contributed by atoms with Crippen LogP contribution in [0, 0.1) is 10.1 Å². The Morgan fingerprint density at radius 3 is 2.68 bits per heavy atom. The lowest BCUT2D eigenvalue weighted by molar-refractivity contribution is -0.385. The molecule has 0 aliphatic heterocycles. The Bertz CT molecular complexity index is 673. The number of carbonyl (C=O) groups is 3. The highest BCUT2D eigenvalue weighted by molar-refractivity contribution is 5.96. The normalized spacial score (nSPS) is 10.3. The highest BCUT2D eigenvalue weighted by atomic mass is 16.6. The lowest BCUT2D eigenvalue weighted by Gasteiger charge is -2.06. The van der Waals surface area contributed by atoms with Crippen molar-refractivity contribution in [2.75, 3.05) is 26.9 Å². The van der Waals surface area contributed by atoms with E-state index in [0.717, 1.165) is 6.08 Å². The van der Waals surface area contributed by atoms with Gasteiger partial charge in [-0.2, -0.15) is 0 Å². The monoisotopic (exact) mass is 351 g/mol. The summed E-state index contributed by atoms with van der Waals surface area (Å²) in [5.74, 6) is -1.70. The summed E-state index contributed by atoms with van der Waals surface area (Å²) in [6, 6.07) is 5.08. The van der Waals surface area contributed by atoms with Gasteiger partial charge in [0.25, 0.3) is 11.6 Å². The van der Waals surface area contributed by atoms with Crippen LogP contribution in [0.5, 0.6) is 0 Å². The molecule has 1 rings (SSSR count). The molecule has 25 heavy (non-hydrogen) atoms. The van der Waals surface area contributed by atoms with Crippen LogP contribution in [0.4, 0.5) is 10.5 Å². The van der Waals surface area contributed by atoms with Crippen LogP contribution in [0.1, 0.15) is 5.56 Å². The lowest BCUT2D eigenvalue weighted by atomic mass is 10.1. The van der Waals surface area contributed by atoms with Crippen molar-refractivity contribution in [3.05, 3.63) is 46.0 Å². The standard InChI is InChI=1S/C15H17N3O7/c1-24-9-8-16-15(21)17-13(19)10-25-14(20)7-6-11-4-2-3-5-12(11)18(22)23/h2-7H,8-10H2,1H3,(H2,16,17,19,21)/b7-6+. The number of nitrogens with one attached hydrogen (secondary N) is 2. The van der Waals surface area contributed by atoms with Crippen molar-refractivity contribution in [2.45, 2.75) is 0 Å². The number of benzene rings is 1. The summed E-state index contributed by atoms with van der Waals surface area (Å²) in [7, 11) is 1.46. The van der Waals surface area contributed by atoms with Crippen molar-refractivity contribution >= 4 is 29.7 Å². The summed E-state index contributed by atoms with van der Waals surface area (Å²) in [6.07, 6.45) is 2.16. The molecule has 0 aliphatic carbocycles. The lowest BCUT2D eigenvalue weighted by Crippen LogP contribution is -2.42. The second-order valence-electron chi connectivity index (χ2n) is 4.55. The summed E-state index contributed by atoms with van der Waals surface area (Å²) < 4.78 is 9.36. The minimum Gasteiger partial charge on any atom is -0.452 e. The molecule has 0 heterocycles. The van der Waals surface area contributed by atoms with Crippen molar-refractivity contribution in [2.24, 2.45) is 0 Å². The number of para-hydroxylation sites is 1. The topological polar surface area (TPSA) is 137 Å². The second kappa shape index (κ2) is 10.5. The first kappa shape index (κ1) is 19.8. The highest BCUT2D eigenvalue weighted by Crippen LogP contribution is 2.18. The van der Waals surface area contributed by atoms with E-state index in [-0.39, 0.29) is 24.4 Å². The van der Waals surface area contributed by atoms with Crippen LogP contribution in [-0.4, -0.2) is 49.7 Å². The third-order valence-electron chi connectivity index (χ3n) is 2.72. The number of imide groups is 1. The van der Waals surface area contributed by atoms with Gasteiger partial charge in [-0.1, -0.05) is 12.1 Å². The molecule has 2 N–H and O–H groups in total. The molecule has 0 atom stereocenters. The van der Waals surface area contributed by atoms with Crippen LogP contribution < -0.4 is 10.6 Å². The Morgan fingerprint density at radius 1 is 1.28 bits per heavy atom. The van der Waals surface area contributed by atoms with Crippen molar-refractivity contribution in [1.29, 1.82) is 0 Å². The third-order valence-corrected chi connectivity index (χ3v) is 2.72. The van der Waals surface area contributed by atoms with Crippen LogP contribution in [-0.2, 0) is 19.1 Å². The van der Waals surface area contributed by atoms with Gasteiger partial charge < -0.3 is 14.8 Å². The highest BCUT2D eigenvalue weighted by Gasteiger charge is 2.11. The van der Waals surface area contributed by atoms with Crippen LogP contribution >= 0.6 is 0 Å². The Hall–Kier alpha value is -3.27. The average molecular weight is 351 g/mol. The quantitative estimate of drug-likeness (QED) is 0.230. The molecule has 0 aromatic heterocycles. The smallest absolute Gasteiger partial charge is 0.331 e. The van der Waals surface area contributed by atoms with Gasteiger partial charge in [-0.15, -0.1) is 0 Å². The minimum atomic E-state index is -0.881. The maximum absolute atomic E-state index is 11.5.